The molecule has 0 amide bonds. The van der Waals surface area contributed by atoms with Crippen molar-refractivity contribution in [2.24, 2.45) is 35.0 Å². The van der Waals surface area contributed by atoms with Crippen LogP contribution in [0.2, 0.25) is 0 Å². The van der Waals surface area contributed by atoms with E-state index in [-0.39, 0.29) is 0 Å². The number of pyridine rings is 1. The van der Waals surface area contributed by atoms with Crippen LogP contribution in [0.15, 0.2) is 42.7 Å². The molecule has 0 radical (unpaired) electrons. The highest BCUT2D eigenvalue weighted by Crippen LogP contribution is 2.64. The van der Waals surface area contributed by atoms with Crippen LogP contribution in [-0.4, -0.2) is 4.98 Å². The van der Waals surface area contributed by atoms with Gasteiger partial charge in [0.2, 0.25) is 0 Å². The second-order valence-corrected chi connectivity index (χ2v) is 10.5. The van der Waals surface area contributed by atoms with Crippen LogP contribution in [-0.2, 0) is 0 Å². The highest BCUT2D eigenvalue weighted by molar-refractivity contribution is 5.86. The molecule has 146 valence electrons. The molecular formula is C27H33N. The summed E-state index contributed by atoms with van der Waals surface area (Å²) in [6.07, 6.45) is 19.8. The first-order chi connectivity index (χ1) is 13.7. The molecule has 6 atom stereocenters. The molecule has 1 aromatic carbocycles. The summed E-state index contributed by atoms with van der Waals surface area (Å²) in [6, 6.07) is 9.18. The Kier molecular flexibility index (Phi) is 3.97. The number of allylic oxidation sites excluding steroid dienone is 2. The summed E-state index contributed by atoms with van der Waals surface area (Å²) in [5.41, 5.74) is 3.49. The van der Waals surface area contributed by atoms with Crippen molar-refractivity contribution in [3.63, 3.8) is 0 Å². The van der Waals surface area contributed by atoms with Crippen LogP contribution in [0.5, 0.6) is 0 Å². The highest BCUT2D eigenvalue weighted by Gasteiger charge is 2.54. The lowest BCUT2D eigenvalue weighted by atomic mass is 9.49. The first kappa shape index (κ1) is 17.2. The Morgan fingerprint density at radius 2 is 1.82 bits per heavy atom. The van der Waals surface area contributed by atoms with Crippen molar-refractivity contribution in [1.82, 2.24) is 4.98 Å². The smallest absolute Gasteiger partial charge is 0.0346 e. The lowest BCUT2D eigenvalue weighted by Gasteiger charge is -2.55. The number of rotatable bonds is 1. The predicted molar refractivity (Wildman–Crippen MR) is 117 cm³/mol. The molecule has 1 nitrogen and oxygen atoms in total. The summed E-state index contributed by atoms with van der Waals surface area (Å²) in [7, 11) is 0. The standard InChI is InChI=1S/C27H33N/c1-27-14-12-23-22-5-3-2-4-19(22)8-9-24(23)26(27)11-10-25(27)20-7-6-18-13-15-28-17-21(18)16-20/h6-7,10,13,15-17,19,22-24,26H,2-5,8-9,11-12,14H2,1H3. The Labute approximate surface area is 169 Å². The van der Waals surface area contributed by atoms with Crippen molar-refractivity contribution in [2.75, 3.05) is 0 Å². The third kappa shape index (κ3) is 2.47. The van der Waals surface area contributed by atoms with Crippen LogP contribution in [0.3, 0.4) is 0 Å². The van der Waals surface area contributed by atoms with Crippen LogP contribution in [0.4, 0.5) is 0 Å². The second kappa shape index (κ2) is 6.44. The fourth-order valence-corrected chi connectivity index (χ4v) is 8.10. The largest absolute Gasteiger partial charge is 0.264 e. The van der Waals surface area contributed by atoms with E-state index in [4.69, 9.17) is 0 Å². The molecule has 4 aliphatic rings. The van der Waals surface area contributed by atoms with Crippen LogP contribution in [0.25, 0.3) is 16.3 Å². The van der Waals surface area contributed by atoms with Gasteiger partial charge < -0.3 is 0 Å². The maximum Gasteiger partial charge on any atom is 0.0346 e. The molecule has 28 heavy (non-hydrogen) atoms. The van der Waals surface area contributed by atoms with Crippen molar-refractivity contribution in [3.8, 4) is 0 Å². The van der Waals surface area contributed by atoms with Crippen LogP contribution < -0.4 is 0 Å². The summed E-state index contributed by atoms with van der Waals surface area (Å²) in [5.74, 6) is 5.03. The van der Waals surface area contributed by atoms with E-state index in [1.54, 1.807) is 5.57 Å². The van der Waals surface area contributed by atoms with Gasteiger partial charge in [0.15, 0.2) is 0 Å². The second-order valence-electron chi connectivity index (χ2n) is 10.5. The van der Waals surface area contributed by atoms with E-state index in [2.05, 4.69) is 42.2 Å². The monoisotopic (exact) mass is 371 g/mol. The minimum atomic E-state index is 0.387. The molecule has 0 bridgehead atoms. The summed E-state index contributed by atoms with van der Waals surface area (Å²) >= 11 is 0. The van der Waals surface area contributed by atoms with Gasteiger partial charge in [0.25, 0.3) is 0 Å². The number of hydrogen-bond acceptors (Lipinski definition) is 1. The maximum absolute atomic E-state index is 4.35. The van der Waals surface area contributed by atoms with Gasteiger partial charge in [0.1, 0.15) is 0 Å². The molecule has 3 saturated carbocycles. The minimum absolute atomic E-state index is 0.387. The molecule has 6 unspecified atom stereocenters. The van der Waals surface area contributed by atoms with Gasteiger partial charge in [-0.1, -0.05) is 44.4 Å². The lowest BCUT2D eigenvalue weighted by Crippen LogP contribution is -2.47. The Bertz CT molecular complexity index is 927. The van der Waals surface area contributed by atoms with E-state index in [9.17, 15) is 0 Å². The third-order valence-corrected chi connectivity index (χ3v) is 9.41. The zero-order valence-electron chi connectivity index (χ0n) is 17.2. The van der Waals surface area contributed by atoms with Gasteiger partial charge in [-0.25, -0.2) is 0 Å². The van der Waals surface area contributed by atoms with Crippen molar-refractivity contribution in [1.29, 1.82) is 0 Å². The van der Waals surface area contributed by atoms with E-state index in [1.807, 2.05) is 12.4 Å². The molecule has 1 aromatic heterocycles. The third-order valence-electron chi connectivity index (χ3n) is 9.41. The fraction of sp³-hybridized carbons (Fsp3) is 0.593. The molecular weight excluding hydrogens is 338 g/mol. The number of nitrogens with zero attached hydrogens (tertiary/aromatic N) is 1. The van der Waals surface area contributed by atoms with Crippen molar-refractivity contribution in [2.45, 2.75) is 64.7 Å². The van der Waals surface area contributed by atoms with Crippen molar-refractivity contribution >= 4 is 16.3 Å². The summed E-state index contributed by atoms with van der Waals surface area (Å²) in [4.78, 5) is 4.35. The van der Waals surface area contributed by atoms with Crippen molar-refractivity contribution in [3.05, 3.63) is 48.3 Å². The molecule has 4 aliphatic carbocycles. The molecule has 1 heteroatoms. The van der Waals surface area contributed by atoms with Gasteiger partial charge in [-0.2, -0.15) is 0 Å². The molecule has 1 heterocycles. The van der Waals surface area contributed by atoms with E-state index in [0.717, 1.165) is 29.6 Å². The van der Waals surface area contributed by atoms with Crippen LogP contribution in [0, 0.1) is 35.0 Å². The molecule has 0 spiro atoms. The SMILES string of the molecule is CC12CCC3C4CCCCC4CCC3C1CC=C2c1ccc2ccncc2c1. The van der Waals surface area contributed by atoms with E-state index in [1.165, 1.54) is 74.1 Å². The average Bonchev–Trinajstić information content (AvgIpc) is 3.10. The quantitative estimate of drug-likeness (QED) is 0.513. The van der Waals surface area contributed by atoms with Crippen molar-refractivity contribution < 1.29 is 0 Å². The maximum atomic E-state index is 4.35. The zero-order valence-corrected chi connectivity index (χ0v) is 17.2. The summed E-state index contributed by atoms with van der Waals surface area (Å²) < 4.78 is 0. The van der Waals surface area contributed by atoms with E-state index in [0.29, 0.717) is 5.41 Å². The molecule has 2 aromatic rings. The molecule has 0 aliphatic heterocycles. The zero-order chi connectivity index (χ0) is 18.7. The van der Waals surface area contributed by atoms with Gasteiger partial charge in [0.05, 0.1) is 0 Å². The van der Waals surface area contributed by atoms with Gasteiger partial charge >= 0.3 is 0 Å². The van der Waals surface area contributed by atoms with E-state index >= 15 is 0 Å². The van der Waals surface area contributed by atoms with Gasteiger partial charge in [-0.15, -0.1) is 0 Å². The predicted octanol–water partition coefficient (Wildman–Crippen LogP) is 7.27. The van der Waals surface area contributed by atoms with Crippen LogP contribution in [0.1, 0.15) is 70.3 Å². The fourth-order valence-electron chi connectivity index (χ4n) is 8.10. The Hall–Kier alpha value is -1.63. The highest BCUT2D eigenvalue weighted by atomic mass is 14.6. The number of hydrogen-bond donors (Lipinski definition) is 0. The number of fused-ring (bicyclic) bond motifs is 6. The first-order valence-electron chi connectivity index (χ1n) is 11.8. The Morgan fingerprint density at radius 1 is 0.893 bits per heavy atom. The van der Waals surface area contributed by atoms with Crippen LogP contribution >= 0.6 is 0 Å². The van der Waals surface area contributed by atoms with Gasteiger partial charge in [0, 0.05) is 17.8 Å². The Morgan fingerprint density at radius 3 is 2.79 bits per heavy atom. The summed E-state index contributed by atoms with van der Waals surface area (Å²) in [6.45, 7) is 2.60. The van der Waals surface area contributed by atoms with E-state index < -0.39 is 0 Å². The average molecular weight is 372 g/mol. The molecule has 3 fully saturated rings. The molecule has 0 saturated heterocycles. The van der Waals surface area contributed by atoms with Gasteiger partial charge in [-0.3, -0.25) is 4.98 Å². The minimum Gasteiger partial charge on any atom is -0.264 e. The number of benzene rings is 1. The lowest BCUT2D eigenvalue weighted by molar-refractivity contribution is -0.0373. The summed E-state index contributed by atoms with van der Waals surface area (Å²) in [5, 5.41) is 2.59. The molecule has 6 rings (SSSR count). The molecule has 0 N–H and O–H groups in total. The first-order valence-corrected chi connectivity index (χ1v) is 11.8. The number of aromatic nitrogens is 1. The Balaban J connectivity index is 1.32. The van der Waals surface area contributed by atoms with Gasteiger partial charge in [-0.05, 0) is 102 Å². The normalized spacial score (nSPS) is 39.8. The topological polar surface area (TPSA) is 12.9 Å².